The maximum absolute atomic E-state index is 12.1. The van der Waals surface area contributed by atoms with Crippen LogP contribution in [0.25, 0.3) is 0 Å². The predicted octanol–water partition coefficient (Wildman–Crippen LogP) is 3.70. The zero-order valence-electron chi connectivity index (χ0n) is 15.6. The van der Waals surface area contributed by atoms with E-state index in [0.717, 1.165) is 11.4 Å². The van der Waals surface area contributed by atoms with Gasteiger partial charge in [-0.05, 0) is 24.5 Å². The summed E-state index contributed by atoms with van der Waals surface area (Å²) in [6.45, 7) is 7.48. The SMILES string of the molecule is C=C1NC(=O)N(c2cc(Cl)c(Oc3cc(C(C)CC)c(=O)[nH]n3)c(Cl)c2)N=C1N. The van der Waals surface area contributed by atoms with Crippen molar-refractivity contribution in [1.29, 1.82) is 0 Å². The van der Waals surface area contributed by atoms with Gasteiger partial charge in [0.15, 0.2) is 11.6 Å². The average Bonchev–Trinajstić information content (AvgIpc) is 2.68. The van der Waals surface area contributed by atoms with Gasteiger partial charge < -0.3 is 15.8 Å². The van der Waals surface area contributed by atoms with E-state index in [9.17, 15) is 9.59 Å². The summed E-state index contributed by atoms with van der Waals surface area (Å²) < 4.78 is 5.70. The second-order valence-corrected chi connectivity index (χ2v) is 7.16. The van der Waals surface area contributed by atoms with Crippen LogP contribution >= 0.6 is 23.2 Å². The van der Waals surface area contributed by atoms with Crippen LogP contribution in [0.5, 0.6) is 11.6 Å². The highest BCUT2D eigenvalue weighted by molar-refractivity contribution is 6.37. The number of amides is 2. The normalized spacial score (nSPS) is 15.0. The molecule has 11 heteroatoms. The fourth-order valence-electron chi connectivity index (χ4n) is 2.54. The molecule has 0 saturated carbocycles. The smallest absolute Gasteiger partial charge is 0.347 e. The predicted molar refractivity (Wildman–Crippen MR) is 112 cm³/mol. The number of hydrazone groups is 1. The van der Waals surface area contributed by atoms with Gasteiger partial charge in [0, 0.05) is 11.6 Å². The molecule has 0 radical (unpaired) electrons. The van der Waals surface area contributed by atoms with Gasteiger partial charge in [-0.1, -0.05) is 43.6 Å². The van der Waals surface area contributed by atoms with Gasteiger partial charge in [-0.3, -0.25) is 4.79 Å². The number of halogens is 2. The number of carbonyl (C=O) groups excluding carboxylic acids is 1. The Balaban J connectivity index is 1.94. The summed E-state index contributed by atoms with van der Waals surface area (Å²) >= 11 is 12.6. The summed E-state index contributed by atoms with van der Waals surface area (Å²) in [6.07, 6.45) is 0.775. The molecular weight excluding hydrogens is 419 g/mol. The number of nitrogens with two attached hydrogens (primary N) is 1. The van der Waals surface area contributed by atoms with Gasteiger partial charge in [0.2, 0.25) is 5.88 Å². The molecule has 1 aromatic heterocycles. The monoisotopic (exact) mass is 436 g/mol. The molecule has 0 fully saturated rings. The summed E-state index contributed by atoms with van der Waals surface area (Å²) in [5, 5.41) is 13.9. The number of benzene rings is 1. The lowest BCUT2D eigenvalue weighted by molar-refractivity contribution is 0.248. The van der Waals surface area contributed by atoms with Crippen molar-refractivity contribution in [3.8, 4) is 11.6 Å². The van der Waals surface area contributed by atoms with Gasteiger partial charge in [0.05, 0.1) is 21.4 Å². The van der Waals surface area contributed by atoms with Gasteiger partial charge in [-0.15, -0.1) is 10.2 Å². The first-order chi connectivity index (χ1) is 13.7. The van der Waals surface area contributed by atoms with E-state index in [1.165, 1.54) is 12.1 Å². The van der Waals surface area contributed by atoms with Crippen LogP contribution in [0.4, 0.5) is 10.5 Å². The molecule has 4 N–H and O–H groups in total. The zero-order chi connectivity index (χ0) is 21.3. The van der Waals surface area contributed by atoms with Crippen LogP contribution in [0, 0.1) is 0 Å². The second-order valence-electron chi connectivity index (χ2n) is 6.35. The third-order valence-electron chi connectivity index (χ3n) is 4.35. The maximum Gasteiger partial charge on any atom is 0.347 e. The van der Waals surface area contributed by atoms with E-state index in [0.29, 0.717) is 5.56 Å². The van der Waals surface area contributed by atoms with Crippen molar-refractivity contribution in [2.24, 2.45) is 10.8 Å². The topological polar surface area (TPSA) is 126 Å². The number of carbonyl (C=O) groups is 1. The van der Waals surface area contributed by atoms with Crippen LogP contribution in [-0.2, 0) is 0 Å². The Morgan fingerprint density at radius 3 is 2.55 bits per heavy atom. The summed E-state index contributed by atoms with van der Waals surface area (Å²) in [5.41, 5.74) is 6.43. The first-order valence-electron chi connectivity index (χ1n) is 8.62. The van der Waals surface area contributed by atoms with Crippen molar-refractivity contribution >= 4 is 40.8 Å². The first-order valence-corrected chi connectivity index (χ1v) is 9.37. The van der Waals surface area contributed by atoms with E-state index in [1.54, 1.807) is 6.07 Å². The Morgan fingerprint density at radius 1 is 1.28 bits per heavy atom. The van der Waals surface area contributed by atoms with Gasteiger partial charge in [-0.25, -0.2) is 9.89 Å². The second kappa shape index (κ2) is 8.14. The Morgan fingerprint density at radius 2 is 1.93 bits per heavy atom. The molecule has 2 amide bonds. The molecule has 2 heterocycles. The van der Waals surface area contributed by atoms with Crippen molar-refractivity contribution < 1.29 is 9.53 Å². The molecule has 1 aromatic carbocycles. The summed E-state index contributed by atoms with van der Waals surface area (Å²) in [6, 6.07) is 3.86. The zero-order valence-corrected chi connectivity index (χ0v) is 17.1. The van der Waals surface area contributed by atoms with Crippen LogP contribution in [0.3, 0.4) is 0 Å². The Kier molecular flexibility index (Phi) is 5.81. The van der Waals surface area contributed by atoms with Crippen molar-refractivity contribution in [1.82, 2.24) is 15.5 Å². The number of hydrogen-bond donors (Lipinski definition) is 3. The quantitative estimate of drug-likeness (QED) is 0.658. The van der Waals surface area contributed by atoms with Crippen molar-refractivity contribution in [3.63, 3.8) is 0 Å². The third-order valence-corrected chi connectivity index (χ3v) is 4.91. The Hall–Kier alpha value is -3.04. The molecule has 152 valence electrons. The van der Waals surface area contributed by atoms with E-state index in [-0.39, 0.29) is 50.4 Å². The Bertz CT molecular complexity index is 1060. The minimum absolute atomic E-state index is 0.0214. The number of nitrogens with one attached hydrogen (secondary N) is 2. The molecule has 1 aliphatic heterocycles. The number of H-pyrrole nitrogens is 1. The number of aromatic nitrogens is 2. The van der Waals surface area contributed by atoms with E-state index in [4.69, 9.17) is 33.7 Å². The number of anilines is 1. The standard InChI is InChI=1S/C18H18Cl2N6O3/c1-4-8(2)11-7-14(23-24-17(11)27)29-15-12(19)5-10(6-13(15)20)26-18(28)22-9(3)16(21)25-26/h5-8H,3-4H2,1-2H3,(H2,21,25)(H,22,28)(H,24,27). The number of hydrogen-bond acceptors (Lipinski definition) is 6. The molecule has 3 rings (SSSR count). The Labute approximate surface area is 176 Å². The lowest BCUT2D eigenvalue weighted by atomic mass is 10.0. The number of amidine groups is 1. The van der Waals surface area contributed by atoms with Gasteiger partial charge in [0.25, 0.3) is 5.56 Å². The highest BCUT2D eigenvalue weighted by atomic mass is 35.5. The molecular formula is C18H18Cl2N6O3. The van der Waals surface area contributed by atoms with Crippen molar-refractivity contribution in [2.75, 3.05) is 5.01 Å². The minimum atomic E-state index is -0.564. The highest BCUT2D eigenvalue weighted by Gasteiger charge is 2.25. The molecule has 0 spiro atoms. The first kappa shape index (κ1) is 20.7. The molecule has 1 atom stereocenters. The van der Waals surface area contributed by atoms with E-state index < -0.39 is 6.03 Å². The molecule has 9 nitrogen and oxygen atoms in total. The van der Waals surface area contributed by atoms with Crippen LogP contribution in [0.2, 0.25) is 10.0 Å². The van der Waals surface area contributed by atoms with Gasteiger partial charge in [-0.2, -0.15) is 5.01 Å². The molecule has 0 saturated heterocycles. The van der Waals surface area contributed by atoms with Crippen molar-refractivity contribution in [2.45, 2.75) is 26.2 Å². The molecule has 1 unspecified atom stereocenters. The van der Waals surface area contributed by atoms with Crippen LogP contribution in [-0.4, -0.2) is 22.1 Å². The van der Waals surface area contributed by atoms with Crippen LogP contribution in [0.15, 0.2) is 40.4 Å². The largest absolute Gasteiger partial charge is 0.434 e. The molecule has 0 bridgehead atoms. The average molecular weight is 437 g/mol. The van der Waals surface area contributed by atoms with Crippen LogP contribution < -0.4 is 26.4 Å². The van der Waals surface area contributed by atoms with Crippen LogP contribution in [0.1, 0.15) is 31.7 Å². The van der Waals surface area contributed by atoms with Gasteiger partial charge in [0.1, 0.15) is 0 Å². The summed E-state index contributed by atoms with van der Waals surface area (Å²) in [7, 11) is 0. The molecule has 29 heavy (non-hydrogen) atoms. The fraction of sp³-hybridized carbons (Fsp3) is 0.222. The number of rotatable bonds is 5. The minimum Gasteiger partial charge on any atom is -0.434 e. The molecule has 2 aromatic rings. The molecule has 0 aliphatic carbocycles. The van der Waals surface area contributed by atoms with E-state index in [2.05, 4.69) is 27.2 Å². The number of nitrogens with zero attached hydrogens (tertiary/aromatic N) is 3. The lowest BCUT2D eigenvalue weighted by Crippen LogP contribution is -2.45. The summed E-state index contributed by atoms with van der Waals surface area (Å²) in [5.74, 6) is 0.316. The highest BCUT2D eigenvalue weighted by Crippen LogP contribution is 2.40. The van der Waals surface area contributed by atoms with Gasteiger partial charge >= 0.3 is 6.03 Å². The maximum atomic E-state index is 12.1. The number of urea groups is 1. The van der Waals surface area contributed by atoms with E-state index >= 15 is 0 Å². The van der Waals surface area contributed by atoms with E-state index in [1.807, 2.05) is 13.8 Å². The fourth-order valence-corrected chi connectivity index (χ4v) is 3.10. The number of ether oxygens (including phenoxy) is 1. The number of aromatic amines is 1. The third kappa shape index (κ3) is 4.20. The summed E-state index contributed by atoms with van der Waals surface area (Å²) in [4.78, 5) is 24.1. The lowest BCUT2D eigenvalue weighted by Gasteiger charge is -2.24. The van der Waals surface area contributed by atoms with Crippen molar-refractivity contribution in [3.05, 3.63) is 56.4 Å². The molecule has 1 aliphatic rings.